The van der Waals surface area contributed by atoms with Gasteiger partial charge in [-0.15, -0.1) is 0 Å². The molecule has 1 atom stereocenters. The van der Waals surface area contributed by atoms with E-state index < -0.39 is 8.07 Å². The molecule has 2 aromatic rings. The van der Waals surface area contributed by atoms with Crippen LogP contribution in [0, 0.1) is 0 Å². The van der Waals surface area contributed by atoms with E-state index in [0.717, 1.165) is 0 Å². The fourth-order valence-corrected chi connectivity index (χ4v) is 5.15. The molecule has 134 valence electrons. The van der Waals surface area contributed by atoms with Crippen LogP contribution in [0.1, 0.15) is 38.2 Å². The van der Waals surface area contributed by atoms with Crippen molar-refractivity contribution in [1.29, 1.82) is 0 Å². The predicted octanol–water partition coefficient (Wildman–Crippen LogP) is 7.01. The SMILES string of the molecule is CCCCCC(=Cc1ccccc1)C(Nc1ccccc1)[Si](C)(C)C. The van der Waals surface area contributed by atoms with E-state index >= 15 is 0 Å². The molecule has 0 fully saturated rings. The van der Waals surface area contributed by atoms with E-state index in [0.29, 0.717) is 5.67 Å². The fraction of sp³-hybridized carbons (Fsp3) is 0.391. The number of hydrogen-bond donors (Lipinski definition) is 1. The van der Waals surface area contributed by atoms with Crippen LogP contribution in [0.5, 0.6) is 0 Å². The van der Waals surface area contributed by atoms with Crippen LogP contribution in [0.3, 0.4) is 0 Å². The van der Waals surface area contributed by atoms with Crippen molar-refractivity contribution in [1.82, 2.24) is 0 Å². The number of hydrogen-bond acceptors (Lipinski definition) is 1. The Morgan fingerprint density at radius 1 is 0.920 bits per heavy atom. The molecular formula is C23H33NSi. The largest absolute Gasteiger partial charge is 0.381 e. The average Bonchev–Trinajstić information content (AvgIpc) is 2.60. The maximum atomic E-state index is 3.86. The van der Waals surface area contributed by atoms with E-state index in [1.807, 2.05) is 0 Å². The molecule has 0 heterocycles. The molecule has 0 aliphatic heterocycles. The lowest BCUT2D eigenvalue weighted by atomic mass is 10.0. The zero-order chi connectivity index (χ0) is 18.1. The van der Waals surface area contributed by atoms with Crippen LogP contribution in [-0.4, -0.2) is 13.7 Å². The van der Waals surface area contributed by atoms with Gasteiger partial charge in [0.25, 0.3) is 0 Å². The predicted molar refractivity (Wildman–Crippen MR) is 116 cm³/mol. The minimum atomic E-state index is -1.43. The monoisotopic (exact) mass is 351 g/mol. The summed E-state index contributed by atoms with van der Waals surface area (Å²) in [5.41, 5.74) is 4.55. The minimum absolute atomic E-state index is 0.451. The average molecular weight is 352 g/mol. The van der Waals surface area contributed by atoms with Gasteiger partial charge in [0.1, 0.15) is 0 Å². The first-order valence-electron chi connectivity index (χ1n) is 9.58. The standard InChI is InChI=1S/C23H33NSi/c1-5-6-9-16-21(19-20-14-10-7-11-15-20)23(25(2,3)4)24-22-17-12-8-13-18-22/h7-8,10-15,17-19,23-24H,5-6,9,16H2,1-4H3. The Morgan fingerprint density at radius 3 is 2.08 bits per heavy atom. The minimum Gasteiger partial charge on any atom is -0.381 e. The zero-order valence-electron chi connectivity index (χ0n) is 16.3. The molecule has 1 nitrogen and oxygen atoms in total. The molecular weight excluding hydrogens is 318 g/mol. The van der Waals surface area contributed by atoms with Crippen molar-refractivity contribution in [2.24, 2.45) is 0 Å². The van der Waals surface area contributed by atoms with Gasteiger partial charge in [-0.25, -0.2) is 0 Å². The third kappa shape index (κ3) is 6.54. The molecule has 0 bridgehead atoms. The molecule has 0 aliphatic carbocycles. The molecule has 1 unspecified atom stereocenters. The molecule has 0 saturated carbocycles. The van der Waals surface area contributed by atoms with E-state index in [-0.39, 0.29) is 0 Å². The molecule has 0 radical (unpaired) electrons. The van der Waals surface area contributed by atoms with Crippen LogP contribution >= 0.6 is 0 Å². The van der Waals surface area contributed by atoms with E-state index in [9.17, 15) is 0 Å². The zero-order valence-corrected chi connectivity index (χ0v) is 17.3. The summed E-state index contributed by atoms with van der Waals surface area (Å²) >= 11 is 0. The summed E-state index contributed by atoms with van der Waals surface area (Å²) < 4.78 is 0. The Morgan fingerprint density at radius 2 is 1.52 bits per heavy atom. The third-order valence-corrected chi connectivity index (χ3v) is 6.79. The van der Waals surface area contributed by atoms with Gasteiger partial charge in [-0.1, -0.05) is 99.6 Å². The second kappa shape index (κ2) is 9.62. The summed E-state index contributed by atoms with van der Waals surface area (Å²) in [7, 11) is -1.43. The first kappa shape index (κ1) is 19.5. The highest BCUT2D eigenvalue weighted by Crippen LogP contribution is 2.27. The Hall–Kier alpha value is -1.80. The van der Waals surface area contributed by atoms with Gasteiger partial charge < -0.3 is 5.32 Å². The normalized spacial score (nSPS) is 13.5. The lowest BCUT2D eigenvalue weighted by molar-refractivity contribution is 0.704. The van der Waals surface area contributed by atoms with E-state index in [2.05, 4.69) is 98.6 Å². The Kier molecular flexibility index (Phi) is 7.51. The van der Waals surface area contributed by atoms with Crippen LogP contribution in [0.4, 0.5) is 5.69 Å². The van der Waals surface area contributed by atoms with Crippen molar-refractivity contribution in [3.8, 4) is 0 Å². The summed E-state index contributed by atoms with van der Waals surface area (Å²) in [6.45, 7) is 9.67. The molecule has 25 heavy (non-hydrogen) atoms. The number of anilines is 1. The quantitative estimate of drug-likeness (QED) is 0.378. The van der Waals surface area contributed by atoms with E-state index in [4.69, 9.17) is 0 Å². The molecule has 0 saturated heterocycles. The highest BCUT2D eigenvalue weighted by molar-refractivity contribution is 6.78. The Balaban J connectivity index is 2.33. The highest BCUT2D eigenvalue weighted by atomic mass is 28.3. The molecule has 2 heteroatoms. The van der Waals surface area contributed by atoms with Crippen LogP contribution < -0.4 is 5.32 Å². The van der Waals surface area contributed by atoms with Crippen molar-refractivity contribution >= 4 is 19.8 Å². The Labute approximate surface area is 155 Å². The highest BCUT2D eigenvalue weighted by Gasteiger charge is 2.29. The molecule has 0 amide bonds. The van der Waals surface area contributed by atoms with Crippen LogP contribution in [-0.2, 0) is 0 Å². The number of benzene rings is 2. The van der Waals surface area contributed by atoms with Gasteiger partial charge in [-0.3, -0.25) is 0 Å². The van der Waals surface area contributed by atoms with Crippen LogP contribution in [0.2, 0.25) is 19.6 Å². The number of nitrogens with one attached hydrogen (secondary N) is 1. The fourth-order valence-electron chi connectivity index (χ4n) is 3.21. The summed E-state index contributed by atoms with van der Waals surface area (Å²) in [4.78, 5) is 0. The maximum Gasteiger partial charge on any atom is 0.0754 e. The van der Waals surface area contributed by atoms with Gasteiger partial charge in [0.15, 0.2) is 0 Å². The lowest BCUT2D eigenvalue weighted by Crippen LogP contribution is -2.45. The van der Waals surface area contributed by atoms with Crippen LogP contribution in [0.15, 0.2) is 66.2 Å². The topological polar surface area (TPSA) is 12.0 Å². The van der Waals surface area contributed by atoms with Gasteiger partial charge in [0.05, 0.1) is 8.07 Å². The van der Waals surface area contributed by atoms with Gasteiger partial charge in [-0.05, 0) is 30.5 Å². The van der Waals surface area contributed by atoms with Crippen molar-refractivity contribution < 1.29 is 0 Å². The molecule has 0 aliphatic rings. The second-order valence-electron chi connectivity index (χ2n) is 7.90. The summed E-state index contributed by atoms with van der Waals surface area (Å²) in [5, 5.41) is 3.86. The number of unbranched alkanes of at least 4 members (excludes halogenated alkanes) is 2. The molecule has 2 aromatic carbocycles. The van der Waals surface area contributed by atoms with E-state index in [1.165, 1.54) is 36.9 Å². The third-order valence-electron chi connectivity index (χ3n) is 4.54. The summed E-state index contributed by atoms with van der Waals surface area (Å²) in [6.07, 6.45) is 7.44. The van der Waals surface area contributed by atoms with Crippen molar-refractivity contribution in [2.75, 3.05) is 5.32 Å². The van der Waals surface area contributed by atoms with Gasteiger partial charge >= 0.3 is 0 Å². The first-order valence-corrected chi connectivity index (χ1v) is 13.2. The van der Waals surface area contributed by atoms with Gasteiger partial charge in [0, 0.05) is 11.4 Å². The molecule has 1 N–H and O–H groups in total. The van der Waals surface area contributed by atoms with Gasteiger partial charge in [-0.2, -0.15) is 0 Å². The first-order chi connectivity index (χ1) is 12.0. The Bertz CT molecular complexity index is 641. The molecule has 2 rings (SSSR count). The number of para-hydroxylation sites is 1. The van der Waals surface area contributed by atoms with Crippen molar-refractivity contribution in [2.45, 2.75) is 57.9 Å². The lowest BCUT2D eigenvalue weighted by Gasteiger charge is -2.33. The van der Waals surface area contributed by atoms with Crippen LogP contribution in [0.25, 0.3) is 6.08 Å². The van der Waals surface area contributed by atoms with Crippen molar-refractivity contribution in [3.63, 3.8) is 0 Å². The van der Waals surface area contributed by atoms with E-state index in [1.54, 1.807) is 5.57 Å². The molecule has 0 aromatic heterocycles. The number of rotatable bonds is 9. The second-order valence-corrected chi connectivity index (χ2v) is 13.2. The molecule has 0 spiro atoms. The smallest absolute Gasteiger partial charge is 0.0754 e. The summed E-state index contributed by atoms with van der Waals surface area (Å²) in [6, 6.07) is 21.4. The maximum absolute atomic E-state index is 3.86. The van der Waals surface area contributed by atoms with Gasteiger partial charge in [0.2, 0.25) is 0 Å². The van der Waals surface area contributed by atoms with Crippen molar-refractivity contribution in [3.05, 3.63) is 71.8 Å². The summed E-state index contributed by atoms with van der Waals surface area (Å²) in [5.74, 6) is 0.